The van der Waals surface area contributed by atoms with Crippen molar-refractivity contribution in [2.75, 3.05) is 6.61 Å². The van der Waals surface area contributed by atoms with Crippen LogP contribution in [0.4, 0.5) is 0 Å². The lowest BCUT2D eigenvalue weighted by Gasteiger charge is -2.25. The van der Waals surface area contributed by atoms with Gasteiger partial charge in [-0.15, -0.1) is 0 Å². The van der Waals surface area contributed by atoms with Crippen LogP contribution in [0.2, 0.25) is 0 Å². The van der Waals surface area contributed by atoms with Gasteiger partial charge in [-0.25, -0.2) is 0 Å². The van der Waals surface area contributed by atoms with Crippen LogP contribution in [0.25, 0.3) is 0 Å². The molecule has 0 spiro atoms. The first kappa shape index (κ1) is 12.9. The molecule has 13 heavy (non-hydrogen) atoms. The average Bonchev–Trinajstić information content (AvgIpc) is 2.05. The Balaban J connectivity index is 4.26. The van der Waals surface area contributed by atoms with Crippen molar-refractivity contribution in [3.63, 3.8) is 0 Å². The summed E-state index contributed by atoms with van der Waals surface area (Å²) < 4.78 is 3.86. The van der Waals surface area contributed by atoms with Crippen molar-refractivity contribution in [3.8, 4) is 0 Å². The van der Waals surface area contributed by atoms with E-state index >= 15 is 0 Å². The van der Waals surface area contributed by atoms with Crippen LogP contribution in [-0.2, 0) is 9.53 Å². The number of ether oxygens (including phenoxy) is 1. The Bertz CT molecular complexity index is 168. The number of aliphatic hydroxyl groups is 1. The molecule has 0 aromatic heterocycles. The summed E-state index contributed by atoms with van der Waals surface area (Å²) >= 11 is 3.19. The van der Waals surface area contributed by atoms with E-state index < -0.39 is 16.4 Å². The molecule has 4 heteroatoms. The highest BCUT2D eigenvalue weighted by Crippen LogP contribution is 2.26. The molecule has 0 bridgehead atoms. The minimum Gasteiger partial charge on any atom is -0.465 e. The second-order valence-corrected chi connectivity index (χ2v) is 4.75. The molecule has 0 radical (unpaired) electrons. The van der Waals surface area contributed by atoms with Crippen molar-refractivity contribution in [2.45, 2.75) is 44.0 Å². The van der Waals surface area contributed by atoms with E-state index in [4.69, 9.17) is 4.74 Å². The van der Waals surface area contributed by atoms with E-state index in [1.807, 2.05) is 6.92 Å². The summed E-state index contributed by atoms with van der Waals surface area (Å²) in [6.07, 6.45) is 0.721. The molecular weight excluding hydrogens is 236 g/mol. The summed E-state index contributed by atoms with van der Waals surface area (Å²) in [6, 6.07) is 0. The molecule has 0 unspecified atom stereocenters. The Morgan fingerprint density at radius 1 is 1.62 bits per heavy atom. The van der Waals surface area contributed by atoms with Gasteiger partial charge >= 0.3 is 5.97 Å². The van der Waals surface area contributed by atoms with Crippen LogP contribution >= 0.6 is 15.9 Å². The molecule has 0 amide bonds. The molecule has 0 saturated carbocycles. The Morgan fingerprint density at radius 3 is 2.54 bits per heavy atom. The lowest BCUT2D eigenvalue weighted by Crippen LogP contribution is -2.42. The predicted molar refractivity (Wildman–Crippen MR) is 54.9 cm³/mol. The fourth-order valence-electron chi connectivity index (χ4n) is 0.953. The van der Waals surface area contributed by atoms with Crippen LogP contribution in [0.15, 0.2) is 0 Å². The number of rotatable bonds is 5. The summed E-state index contributed by atoms with van der Waals surface area (Å²) in [7, 11) is 0. The largest absolute Gasteiger partial charge is 0.465 e. The van der Waals surface area contributed by atoms with Crippen molar-refractivity contribution in [1.82, 2.24) is 0 Å². The number of aliphatic hydroxyl groups excluding tert-OH is 1. The SMILES string of the molecule is CCC[C@@H](O)[C@@](C)(Br)C(=O)OCC. The summed E-state index contributed by atoms with van der Waals surface area (Å²) in [4.78, 5) is 11.4. The van der Waals surface area contributed by atoms with Gasteiger partial charge in [0.2, 0.25) is 0 Å². The molecular formula is C9H17BrO3. The molecule has 0 aliphatic carbocycles. The minimum atomic E-state index is -0.973. The molecule has 0 fully saturated rings. The maximum absolute atomic E-state index is 11.4. The van der Waals surface area contributed by atoms with Gasteiger partial charge in [-0.05, 0) is 20.3 Å². The standard InChI is InChI=1S/C9H17BrO3/c1-4-6-7(11)9(3,10)8(12)13-5-2/h7,11H,4-6H2,1-3H3/t7-,9-/m1/s1. The van der Waals surface area contributed by atoms with Crippen LogP contribution < -0.4 is 0 Å². The topological polar surface area (TPSA) is 46.5 Å². The number of alkyl halides is 1. The van der Waals surface area contributed by atoms with Crippen molar-refractivity contribution in [3.05, 3.63) is 0 Å². The van der Waals surface area contributed by atoms with Gasteiger partial charge in [-0.3, -0.25) is 4.79 Å². The number of hydrogen-bond donors (Lipinski definition) is 1. The van der Waals surface area contributed by atoms with Crippen molar-refractivity contribution in [1.29, 1.82) is 0 Å². The van der Waals surface area contributed by atoms with Gasteiger partial charge in [0.15, 0.2) is 0 Å². The quantitative estimate of drug-likeness (QED) is 0.601. The van der Waals surface area contributed by atoms with Crippen LogP contribution in [0.1, 0.15) is 33.6 Å². The maximum atomic E-state index is 11.4. The van der Waals surface area contributed by atoms with Crippen molar-refractivity contribution in [2.24, 2.45) is 0 Å². The normalized spacial score (nSPS) is 17.6. The van der Waals surface area contributed by atoms with E-state index in [1.165, 1.54) is 0 Å². The number of carbonyl (C=O) groups is 1. The fraction of sp³-hybridized carbons (Fsp3) is 0.889. The summed E-state index contributed by atoms with van der Waals surface area (Å²) in [6.45, 7) is 5.66. The van der Waals surface area contributed by atoms with E-state index in [0.29, 0.717) is 13.0 Å². The Labute approximate surface area is 87.6 Å². The maximum Gasteiger partial charge on any atom is 0.325 e. The van der Waals surface area contributed by atoms with E-state index in [2.05, 4.69) is 15.9 Å². The number of carbonyl (C=O) groups excluding carboxylic acids is 1. The van der Waals surface area contributed by atoms with Crippen LogP contribution in [0.3, 0.4) is 0 Å². The monoisotopic (exact) mass is 252 g/mol. The zero-order valence-electron chi connectivity index (χ0n) is 8.34. The molecule has 0 aromatic rings. The van der Waals surface area contributed by atoms with Crippen LogP contribution in [0.5, 0.6) is 0 Å². The third kappa shape index (κ3) is 3.65. The molecule has 0 aliphatic rings. The average molecular weight is 253 g/mol. The number of halogens is 1. The molecule has 1 N–H and O–H groups in total. The van der Waals surface area contributed by atoms with Gasteiger partial charge in [0.1, 0.15) is 4.32 Å². The van der Waals surface area contributed by atoms with E-state index in [-0.39, 0.29) is 0 Å². The highest BCUT2D eigenvalue weighted by atomic mass is 79.9. The van der Waals surface area contributed by atoms with E-state index in [9.17, 15) is 9.90 Å². The first-order chi connectivity index (χ1) is 5.96. The Hall–Kier alpha value is -0.0900. The predicted octanol–water partition coefficient (Wildman–Crippen LogP) is 1.86. The fourth-order valence-corrected chi connectivity index (χ4v) is 1.30. The van der Waals surface area contributed by atoms with Crippen LogP contribution in [0, 0.1) is 0 Å². The smallest absolute Gasteiger partial charge is 0.325 e. The molecule has 2 atom stereocenters. The number of hydrogen-bond acceptors (Lipinski definition) is 3. The van der Waals surface area contributed by atoms with Gasteiger partial charge in [0.25, 0.3) is 0 Å². The highest BCUT2D eigenvalue weighted by molar-refractivity contribution is 9.10. The first-order valence-electron chi connectivity index (χ1n) is 4.51. The summed E-state index contributed by atoms with van der Waals surface area (Å²) in [5.74, 6) is -0.407. The zero-order valence-corrected chi connectivity index (χ0v) is 9.93. The molecule has 0 saturated heterocycles. The van der Waals surface area contributed by atoms with Crippen LogP contribution in [-0.4, -0.2) is 28.1 Å². The summed E-state index contributed by atoms with van der Waals surface area (Å²) in [5, 5.41) is 9.63. The molecule has 0 rings (SSSR count). The van der Waals surface area contributed by atoms with E-state index in [1.54, 1.807) is 13.8 Å². The van der Waals surface area contributed by atoms with Gasteiger partial charge in [0, 0.05) is 0 Å². The van der Waals surface area contributed by atoms with Gasteiger partial charge in [0.05, 0.1) is 12.7 Å². The molecule has 3 nitrogen and oxygen atoms in total. The van der Waals surface area contributed by atoms with E-state index in [0.717, 1.165) is 6.42 Å². The molecule has 78 valence electrons. The van der Waals surface area contributed by atoms with Gasteiger partial charge < -0.3 is 9.84 Å². The first-order valence-corrected chi connectivity index (χ1v) is 5.30. The van der Waals surface area contributed by atoms with Gasteiger partial charge in [-0.2, -0.15) is 0 Å². The molecule has 0 aliphatic heterocycles. The Morgan fingerprint density at radius 2 is 2.15 bits per heavy atom. The highest BCUT2D eigenvalue weighted by Gasteiger charge is 2.38. The Kier molecular flexibility index (Phi) is 5.56. The minimum absolute atomic E-state index is 0.332. The summed E-state index contributed by atoms with van der Waals surface area (Å²) in [5.41, 5.74) is 0. The van der Waals surface area contributed by atoms with Gasteiger partial charge in [-0.1, -0.05) is 29.3 Å². The van der Waals surface area contributed by atoms with Crippen molar-refractivity contribution >= 4 is 21.9 Å². The third-order valence-electron chi connectivity index (χ3n) is 1.86. The zero-order chi connectivity index (χ0) is 10.5. The lowest BCUT2D eigenvalue weighted by atomic mass is 10.0. The third-order valence-corrected chi connectivity index (χ3v) is 2.71. The lowest BCUT2D eigenvalue weighted by molar-refractivity contribution is -0.148. The number of esters is 1. The molecule has 0 heterocycles. The second kappa shape index (κ2) is 5.60. The second-order valence-electron chi connectivity index (χ2n) is 3.10. The molecule has 0 aromatic carbocycles. The van der Waals surface area contributed by atoms with Crippen molar-refractivity contribution < 1.29 is 14.6 Å².